The van der Waals surface area contributed by atoms with Gasteiger partial charge < -0.3 is 4.74 Å². The van der Waals surface area contributed by atoms with Gasteiger partial charge in [0.25, 0.3) is 0 Å². The molecule has 0 bridgehead atoms. The molecular formula is C16H12ClNO. The summed E-state index contributed by atoms with van der Waals surface area (Å²) in [5.74, 6) is 1.18. The molecule has 0 unspecified atom stereocenters. The number of benzene rings is 2. The smallest absolute Gasteiger partial charge is 0.145 e. The fourth-order valence-electron chi connectivity index (χ4n) is 1.66. The Kier molecular flexibility index (Phi) is 3.89. The summed E-state index contributed by atoms with van der Waals surface area (Å²) in [7, 11) is 0. The monoisotopic (exact) mass is 269 g/mol. The molecule has 0 spiro atoms. The highest BCUT2D eigenvalue weighted by molar-refractivity contribution is 6.31. The average Bonchev–Trinajstić information content (AvgIpc) is 2.43. The van der Waals surface area contributed by atoms with Gasteiger partial charge in [0.2, 0.25) is 0 Å². The Morgan fingerprint density at radius 2 is 2.05 bits per heavy atom. The molecule has 19 heavy (non-hydrogen) atoms. The standard InChI is InChI=1S/C16H12ClNO/c1-3-12-4-7-16(13(9-12)10-18)19-14-5-6-15(17)11(2)8-14/h3-9H,1H2,2H3. The third-order valence-corrected chi connectivity index (χ3v) is 3.14. The molecule has 2 aromatic rings. The molecular weight excluding hydrogens is 258 g/mol. The third-order valence-electron chi connectivity index (χ3n) is 2.72. The Bertz CT molecular complexity index is 671. The normalized spacial score (nSPS) is 9.74. The first-order chi connectivity index (χ1) is 9.13. The minimum absolute atomic E-state index is 0.477. The molecule has 2 aromatic carbocycles. The van der Waals surface area contributed by atoms with E-state index in [0.29, 0.717) is 22.1 Å². The van der Waals surface area contributed by atoms with Crippen LogP contribution in [0.15, 0.2) is 43.0 Å². The zero-order chi connectivity index (χ0) is 13.8. The second-order valence-corrected chi connectivity index (χ2v) is 4.49. The van der Waals surface area contributed by atoms with Crippen LogP contribution >= 0.6 is 11.6 Å². The summed E-state index contributed by atoms with van der Waals surface area (Å²) in [6.45, 7) is 5.58. The molecule has 0 aliphatic carbocycles. The summed E-state index contributed by atoms with van der Waals surface area (Å²) in [5.41, 5.74) is 2.29. The molecule has 3 heteroatoms. The van der Waals surface area contributed by atoms with Gasteiger partial charge in [-0.1, -0.05) is 30.3 Å². The van der Waals surface area contributed by atoms with Crippen molar-refractivity contribution in [1.29, 1.82) is 5.26 Å². The molecule has 2 rings (SSSR count). The van der Waals surface area contributed by atoms with Crippen LogP contribution in [0.25, 0.3) is 6.08 Å². The van der Waals surface area contributed by atoms with Crippen LogP contribution in [0.5, 0.6) is 11.5 Å². The van der Waals surface area contributed by atoms with Crippen LogP contribution in [0, 0.1) is 18.3 Å². The highest BCUT2D eigenvalue weighted by Gasteiger charge is 2.06. The molecule has 0 aliphatic rings. The first-order valence-corrected chi connectivity index (χ1v) is 6.12. The SMILES string of the molecule is C=Cc1ccc(Oc2ccc(Cl)c(C)c2)c(C#N)c1. The molecule has 0 atom stereocenters. The lowest BCUT2D eigenvalue weighted by Crippen LogP contribution is -1.90. The molecule has 0 N–H and O–H groups in total. The van der Waals surface area contributed by atoms with E-state index in [1.54, 1.807) is 30.3 Å². The lowest BCUT2D eigenvalue weighted by Gasteiger charge is -2.09. The highest BCUT2D eigenvalue weighted by Crippen LogP contribution is 2.28. The predicted molar refractivity (Wildman–Crippen MR) is 77.5 cm³/mol. The van der Waals surface area contributed by atoms with Crippen molar-refractivity contribution in [2.75, 3.05) is 0 Å². The topological polar surface area (TPSA) is 33.0 Å². The van der Waals surface area contributed by atoms with E-state index in [2.05, 4.69) is 12.6 Å². The van der Waals surface area contributed by atoms with E-state index in [1.165, 1.54) is 0 Å². The molecule has 0 saturated carbocycles. The maximum atomic E-state index is 9.13. The van der Waals surface area contributed by atoms with Crippen LogP contribution in [0.1, 0.15) is 16.7 Å². The van der Waals surface area contributed by atoms with Gasteiger partial charge in [0.15, 0.2) is 0 Å². The van der Waals surface area contributed by atoms with E-state index >= 15 is 0 Å². The number of ether oxygens (including phenoxy) is 1. The van der Waals surface area contributed by atoms with Crippen LogP contribution < -0.4 is 4.74 Å². The van der Waals surface area contributed by atoms with Crippen LogP contribution in [0.3, 0.4) is 0 Å². The second kappa shape index (κ2) is 5.60. The third kappa shape index (κ3) is 2.96. The Labute approximate surface area is 117 Å². The minimum Gasteiger partial charge on any atom is -0.456 e. The maximum absolute atomic E-state index is 9.13. The molecule has 0 heterocycles. The fourth-order valence-corrected chi connectivity index (χ4v) is 1.78. The quantitative estimate of drug-likeness (QED) is 0.789. The summed E-state index contributed by atoms with van der Waals surface area (Å²) in [5, 5.41) is 9.82. The molecule has 0 radical (unpaired) electrons. The number of aryl methyl sites for hydroxylation is 1. The molecule has 0 saturated heterocycles. The zero-order valence-electron chi connectivity index (χ0n) is 10.5. The van der Waals surface area contributed by atoms with Gasteiger partial charge in [-0.2, -0.15) is 5.26 Å². The van der Waals surface area contributed by atoms with Crippen LogP contribution in [0.4, 0.5) is 0 Å². The molecule has 94 valence electrons. The summed E-state index contributed by atoms with van der Waals surface area (Å²) in [6.07, 6.45) is 1.69. The number of hydrogen-bond acceptors (Lipinski definition) is 2. The molecule has 0 aliphatic heterocycles. The summed E-state index contributed by atoms with van der Waals surface area (Å²) in [6, 6.07) is 12.9. The fraction of sp³-hybridized carbons (Fsp3) is 0.0625. The number of halogens is 1. The number of nitriles is 1. The highest BCUT2D eigenvalue weighted by atomic mass is 35.5. The van der Waals surface area contributed by atoms with E-state index in [4.69, 9.17) is 21.6 Å². The Balaban J connectivity index is 2.35. The number of rotatable bonds is 3. The number of hydrogen-bond donors (Lipinski definition) is 0. The van der Waals surface area contributed by atoms with Gasteiger partial charge in [0.1, 0.15) is 17.6 Å². The van der Waals surface area contributed by atoms with Crippen molar-refractivity contribution in [3.05, 3.63) is 64.7 Å². The Hall–Kier alpha value is -2.24. The Morgan fingerprint density at radius 3 is 2.68 bits per heavy atom. The van der Waals surface area contributed by atoms with E-state index in [9.17, 15) is 0 Å². The van der Waals surface area contributed by atoms with E-state index in [1.807, 2.05) is 19.1 Å². The zero-order valence-corrected chi connectivity index (χ0v) is 11.2. The van der Waals surface area contributed by atoms with Gasteiger partial charge in [-0.05, 0) is 48.4 Å². The van der Waals surface area contributed by atoms with Crippen molar-refractivity contribution in [3.8, 4) is 17.6 Å². The van der Waals surface area contributed by atoms with Gasteiger partial charge in [0.05, 0.1) is 5.56 Å². The van der Waals surface area contributed by atoms with Crippen LogP contribution in [-0.4, -0.2) is 0 Å². The largest absolute Gasteiger partial charge is 0.456 e. The van der Waals surface area contributed by atoms with Crippen molar-refractivity contribution in [3.63, 3.8) is 0 Å². The van der Waals surface area contributed by atoms with Crippen molar-refractivity contribution in [2.45, 2.75) is 6.92 Å². The second-order valence-electron chi connectivity index (χ2n) is 4.08. The van der Waals surface area contributed by atoms with E-state index in [0.717, 1.165) is 11.1 Å². The van der Waals surface area contributed by atoms with Gasteiger partial charge in [-0.3, -0.25) is 0 Å². The van der Waals surface area contributed by atoms with Gasteiger partial charge >= 0.3 is 0 Å². The van der Waals surface area contributed by atoms with E-state index < -0.39 is 0 Å². The van der Waals surface area contributed by atoms with Crippen molar-refractivity contribution < 1.29 is 4.74 Å². The van der Waals surface area contributed by atoms with Gasteiger partial charge in [-0.15, -0.1) is 0 Å². The molecule has 0 amide bonds. The molecule has 0 aromatic heterocycles. The lowest BCUT2D eigenvalue weighted by atomic mass is 10.1. The average molecular weight is 270 g/mol. The van der Waals surface area contributed by atoms with Gasteiger partial charge in [0, 0.05) is 5.02 Å². The first kappa shape index (κ1) is 13.2. The minimum atomic E-state index is 0.477. The van der Waals surface area contributed by atoms with E-state index in [-0.39, 0.29) is 0 Å². The summed E-state index contributed by atoms with van der Waals surface area (Å²) < 4.78 is 5.72. The predicted octanol–water partition coefficient (Wildman–Crippen LogP) is 4.96. The van der Waals surface area contributed by atoms with Crippen molar-refractivity contribution in [1.82, 2.24) is 0 Å². The number of nitrogens with zero attached hydrogens (tertiary/aromatic N) is 1. The van der Waals surface area contributed by atoms with Crippen LogP contribution in [-0.2, 0) is 0 Å². The van der Waals surface area contributed by atoms with Crippen LogP contribution in [0.2, 0.25) is 5.02 Å². The molecule has 2 nitrogen and oxygen atoms in total. The lowest BCUT2D eigenvalue weighted by molar-refractivity contribution is 0.480. The maximum Gasteiger partial charge on any atom is 0.145 e. The van der Waals surface area contributed by atoms with Gasteiger partial charge in [-0.25, -0.2) is 0 Å². The summed E-state index contributed by atoms with van der Waals surface area (Å²) >= 11 is 5.96. The molecule has 0 fully saturated rings. The van der Waals surface area contributed by atoms with Crippen molar-refractivity contribution >= 4 is 17.7 Å². The Morgan fingerprint density at radius 1 is 1.26 bits per heavy atom. The van der Waals surface area contributed by atoms with Crippen molar-refractivity contribution in [2.24, 2.45) is 0 Å². The first-order valence-electron chi connectivity index (χ1n) is 5.74. The summed E-state index contributed by atoms with van der Waals surface area (Å²) in [4.78, 5) is 0.